The molecule has 10 heteroatoms. The third-order valence-electron chi connectivity index (χ3n) is 5.71. The molecule has 1 aliphatic rings. The minimum Gasteiger partial charge on any atom is -0.480 e. The van der Waals surface area contributed by atoms with Crippen molar-refractivity contribution in [2.75, 3.05) is 18.4 Å². The van der Waals surface area contributed by atoms with Gasteiger partial charge in [0.05, 0.1) is 15.7 Å². The molecule has 0 radical (unpaired) electrons. The van der Waals surface area contributed by atoms with Crippen molar-refractivity contribution in [3.05, 3.63) is 69.7 Å². The number of hydrogen-bond acceptors (Lipinski definition) is 4. The van der Waals surface area contributed by atoms with Crippen molar-refractivity contribution in [2.24, 2.45) is 5.92 Å². The number of nitrogens with zero attached hydrogens (tertiary/aromatic N) is 1. The van der Waals surface area contributed by atoms with Gasteiger partial charge in [-0.1, -0.05) is 47.5 Å². The van der Waals surface area contributed by atoms with E-state index in [1.165, 1.54) is 13.0 Å². The Hall–Kier alpha value is -3.36. The van der Waals surface area contributed by atoms with Gasteiger partial charge < -0.3 is 20.6 Å². The first-order chi connectivity index (χ1) is 16.7. The third-order valence-corrected chi connectivity index (χ3v) is 6.60. The van der Waals surface area contributed by atoms with E-state index in [1.54, 1.807) is 47.4 Å². The van der Waals surface area contributed by atoms with Crippen LogP contribution in [0.25, 0.3) is 6.08 Å². The molecule has 1 atom stereocenters. The van der Waals surface area contributed by atoms with E-state index in [1.807, 2.05) is 6.07 Å². The molecule has 0 unspecified atom stereocenters. The molecule has 3 amide bonds. The van der Waals surface area contributed by atoms with E-state index in [9.17, 15) is 19.2 Å². The van der Waals surface area contributed by atoms with Crippen LogP contribution in [0.5, 0.6) is 0 Å². The molecule has 0 spiro atoms. The zero-order chi connectivity index (χ0) is 25.5. The number of halogens is 2. The van der Waals surface area contributed by atoms with Crippen LogP contribution in [0, 0.1) is 5.92 Å². The summed E-state index contributed by atoms with van der Waals surface area (Å²) < 4.78 is 0. The number of rotatable bonds is 7. The number of piperidine rings is 1. The Kier molecular flexibility index (Phi) is 8.89. The summed E-state index contributed by atoms with van der Waals surface area (Å²) in [6.45, 7) is 2.16. The average Bonchev–Trinajstić information content (AvgIpc) is 2.86. The van der Waals surface area contributed by atoms with Crippen LogP contribution in [-0.2, 0) is 14.4 Å². The first kappa shape index (κ1) is 26.2. The summed E-state index contributed by atoms with van der Waals surface area (Å²) in [6, 6.07) is 11.0. The summed E-state index contributed by atoms with van der Waals surface area (Å²) in [7, 11) is 0. The highest BCUT2D eigenvalue weighted by atomic mass is 35.5. The molecular formula is C25H25Cl2N3O5. The zero-order valence-corrected chi connectivity index (χ0v) is 20.5. The molecular weight excluding hydrogens is 493 g/mol. The lowest BCUT2D eigenvalue weighted by molar-refractivity contribution is -0.142. The van der Waals surface area contributed by atoms with Gasteiger partial charge in [-0.2, -0.15) is 0 Å². The highest BCUT2D eigenvalue weighted by Gasteiger charge is 2.28. The van der Waals surface area contributed by atoms with E-state index in [-0.39, 0.29) is 33.7 Å². The summed E-state index contributed by atoms with van der Waals surface area (Å²) in [5.74, 6) is -2.31. The predicted molar refractivity (Wildman–Crippen MR) is 134 cm³/mol. The molecule has 1 saturated heterocycles. The van der Waals surface area contributed by atoms with Crippen LogP contribution in [0.3, 0.4) is 0 Å². The lowest BCUT2D eigenvalue weighted by Crippen LogP contribution is -2.46. The smallest absolute Gasteiger partial charge is 0.325 e. The number of amides is 3. The number of nitrogens with one attached hydrogen (secondary N) is 2. The Balaban J connectivity index is 1.57. The van der Waals surface area contributed by atoms with Gasteiger partial charge in [0.1, 0.15) is 6.04 Å². The maximum Gasteiger partial charge on any atom is 0.325 e. The van der Waals surface area contributed by atoms with Crippen molar-refractivity contribution >= 4 is 58.7 Å². The van der Waals surface area contributed by atoms with Crippen LogP contribution in [0.4, 0.5) is 5.69 Å². The van der Waals surface area contributed by atoms with Crippen molar-refractivity contribution in [2.45, 2.75) is 25.8 Å². The molecule has 0 aromatic heterocycles. The SMILES string of the molecule is C[C@H](NC(=O)C1CCN(C(=O)/C=C/c2ccc(NC(=O)c3ccccc3)c(Cl)c2Cl)CC1)C(=O)O. The molecule has 0 saturated carbocycles. The van der Waals surface area contributed by atoms with E-state index in [4.69, 9.17) is 28.3 Å². The molecule has 0 aliphatic carbocycles. The first-order valence-corrected chi connectivity index (χ1v) is 11.8. The second kappa shape index (κ2) is 11.9. The quantitative estimate of drug-likeness (QED) is 0.478. The molecule has 1 fully saturated rings. The van der Waals surface area contributed by atoms with Crippen LogP contribution in [0.1, 0.15) is 35.7 Å². The maximum absolute atomic E-state index is 12.6. The molecule has 8 nitrogen and oxygen atoms in total. The molecule has 1 aliphatic heterocycles. The second-order valence-corrected chi connectivity index (χ2v) is 8.91. The zero-order valence-electron chi connectivity index (χ0n) is 19.0. The van der Waals surface area contributed by atoms with Crippen LogP contribution in [-0.4, -0.2) is 52.8 Å². The summed E-state index contributed by atoms with van der Waals surface area (Å²) in [5.41, 5.74) is 1.35. The van der Waals surface area contributed by atoms with Crippen LogP contribution in [0.15, 0.2) is 48.5 Å². The van der Waals surface area contributed by atoms with Gasteiger partial charge >= 0.3 is 5.97 Å². The van der Waals surface area contributed by atoms with Crippen LogP contribution >= 0.6 is 23.2 Å². The topological polar surface area (TPSA) is 116 Å². The van der Waals surface area contributed by atoms with Crippen molar-refractivity contribution in [1.82, 2.24) is 10.2 Å². The lowest BCUT2D eigenvalue weighted by atomic mass is 9.95. The number of carboxylic acid groups (broad SMARTS) is 1. The molecule has 1 heterocycles. The number of benzene rings is 2. The Labute approximate surface area is 212 Å². The Morgan fingerprint density at radius 3 is 2.31 bits per heavy atom. The normalized spacial score (nSPS) is 15.0. The summed E-state index contributed by atoms with van der Waals surface area (Å²) in [4.78, 5) is 49.7. The largest absolute Gasteiger partial charge is 0.480 e. The third kappa shape index (κ3) is 6.83. The standard InChI is InChI=1S/C25H25Cl2N3O5/c1-15(25(34)35)28-23(32)18-11-13-30(14-12-18)20(31)10-8-16-7-9-19(22(27)21(16)26)29-24(33)17-5-3-2-4-6-17/h2-10,15,18H,11-14H2,1H3,(H,28,32)(H,29,33)(H,34,35)/b10-8+/t15-/m0/s1. The highest BCUT2D eigenvalue weighted by Crippen LogP contribution is 2.34. The van der Waals surface area contributed by atoms with Gasteiger partial charge in [-0.3, -0.25) is 19.2 Å². The maximum atomic E-state index is 12.6. The van der Waals surface area contributed by atoms with Crippen molar-refractivity contribution in [1.29, 1.82) is 0 Å². The number of carbonyl (C=O) groups is 4. The highest BCUT2D eigenvalue weighted by molar-refractivity contribution is 6.45. The van der Waals surface area contributed by atoms with Gasteiger partial charge in [-0.15, -0.1) is 0 Å². The summed E-state index contributed by atoms with van der Waals surface area (Å²) >= 11 is 12.7. The molecule has 3 N–H and O–H groups in total. The van der Waals surface area contributed by atoms with Crippen molar-refractivity contribution in [3.8, 4) is 0 Å². The van der Waals surface area contributed by atoms with Gasteiger partial charge in [-0.05, 0) is 49.6 Å². The van der Waals surface area contributed by atoms with E-state index in [2.05, 4.69) is 10.6 Å². The van der Waals surface area contributed by atoms with Gasteiger partial charge in [0.15, 0.2) is 0 Å². The van der Waals surface area contributed by atoms with Gasteiger partial charge in [0.25, 0.3) is 5.91 Å². The fourth-order valence-corrected chi connectivity index (χ4v) is 4.04. The number of carboxylic acids is 1. The number of carbonyl (C=O) groups excluding carboxylic acids is 3. The van der Waals surface area contributed by atoms with Gasteiger partial charge in [0, 0.05) is 30.6 Å². The molecule has 3 rings (SSSR count). The van der Waals surface area contributed by atoms with E-state index in [0.29, 0.717) is 42.7 Å². The monoisotopic (exact) mass is 517 g/mol. The molecule has 184 valence electrons. The van der Waals surface area contributed by atoms with E-state index >= 15 is 0 Å². The number of anilines is 1. The average molecular weight is 518 g/mol. The minimum absolute atomic E-state index is 0.160. The number of likely N-dealkylation sites (tertiary alicyclic amines) is 1. The lowest BCUT2D eigenvalue weighted by Gasteiger charge is -2.31. The molecule has 35 heavy (non-hydrogen) atoms. The van der Waals surface area contributed by atoms with Gasteiger partial charge in [-0.25, -0.2) is 0 Å². The second-order valence-electron chi connectivity index (χ2n) is 8.15. The van der Waals surface area contributed by atoms with Crippen molar-refractivity contribution < 1.29 is 24.3 Å². The first-order valence-electron chi connectivity index (χ1n) is 11.0. The Morgan fingerprint density at radius 2 is 1.69 bits per heavy atom. The van der Waals surface area contributed by atoms with Crippen LogP contribution in [0.2, 0.25) is 10.0 Å². The van der Waals surface area contributed by atoms with E-state index < -0.39 is 12.0 Å². The molecule has 2 aromatic rings. The number of hydrogen-bond donors (Lipinski definition) is 3. The number of aliphatic carboxylic acids is 1. The molecule has 0 bridgehead atoms. The fourth-order valence-electron chi connectivity index (χ4n) is 3.60. The minimum atomic E-state index is -1.10. The summed E-state index contributed by atoms with van der Waals surface area (Å²) in [5, 5.41) is 14.5. The predicted octanol–water partition coefficient (Wildman–Crippen LogP) is 4.09. The van der Waals surface area contributed by atoms with Crippen molar-refractivity contribution in [3.63, 3.8) is 0 Å². The van der Waals surface area contributed by atoms with Gasteiger partial charge in [0.2, 0.25) is 11.8 Å². The van der Waals surface area contributed by atoms with Crippen LogP contribution < -0.4 is 10.6 Å². The Bertz CT molecular complexity index is 1150. The van der Waals surface area contributed by atoms with E-state index in [0.717, 1.165) is 0 Å². The molecule has 2 aromatic carbocycles. The fraction of sp³-hybridized carbons (Fsp3) is 0.280. The summed E-state index contributed by atoms with van der Waals surface area (Å²) in [6.07, 6.45) is 3.82. The Morgan fingerprint density at radius 1 is 1.03 bits per heavy atom.